The van der Waals surface area contributed by atoms with Crippen molar-refractivity contribution in [1.82, 2.24) is 10.2 Å². The van der Waals surface area contributed by atoms with Crippen LogP contribution in [0, 0.1) is 0 Å². The number of urea groups is 1. The van der Waals surface area contributed by atoms with Crippen molar-refractivity contribution in [3.8, 4) is 5.75 Å². The number of thioether (sulfide) groups is 1. The van der Waals surface area contributed by atoms with Crippen molar-refractivity contribution in [2.24, 2.45) is 0 Å². The smallest absolute Gasteiger partial charge is 0.317 e. The molecule has 2 rings (SSSR count). The number of anilines is 1. The van der Waals surface area contributed by atoms with Crippen LogP contribution in [-0.4, -0.2) is 45.4 Å². The molecule has 2 aromatic carbocycles. The first-order valence-electron chi connectivity index (χ1n) is 8.40. The van der Waals surface area contributed by atoms with E-state index in [-0.39, 0.29) is 6.03 Å². The highest BCUT2D eigenvalue weighted by atomic mass is 32.2. The molecular formula is C20H27N3O2S. The lowest BCUT2D eigenvalue weighted by Gasteiger charge is -2.19. The first-order valence-corrected chi connectivity index (χ1v) is 9.63. The average molecular weight is 374 g/mol. The van der Waals surface area contributed by atoms with Gasteiger partial charge in [-0.05, 0) is 41.6 Å². The quantitative estimate of drug-likeness (QED) is 0.750. The van der Waals surface area contributed by atoms with Crippen molar-refractivity contribution in [3.05, 3.63) is 53.6 Å². The molecular weight excluding hydrogens is 346 g/mol. The van der Waals surface area contributed by atoms with Crippen LogP contribution in [-0.2, 0) is 13.1 Å². The van der Waals surface area contributed by atoms with Gasteiger partial charge in [0.1, 0.15) is 5.75 Å². The Morgan fingerprint density at radius 2 is 1.73 bits per heavy atom. The van der Waals surface area contributed by atoms with Crippen molar-refractivity contribution >= 4 is 23.5 Å². The summed E-state index contributed by atoms with van der Waals surface area (Å²) in [5.41, 5.74) is 3.25. The highest BCUT2D eigenvalue weighted by Gasteiger charge is 2.11. The molecule has 0 fully saturated rings. The summed E-state index contributed by atoms with van der Waals surface area (Å²) < 4.78 is 5.41. The fraction of sp³-hybridized carbons (Fsp3) is 0.350. The molecule has 0 aliphatic heterocycles. The maximum absolute atomic E-state index is 12.3. The van der Waals surface area contributed by atoms with Crippen LogP contribution >= 0.6 is 11.8 Å². The molecule has 0 saturated heterocycles. The molecule has 6 heteroatoms. The van der Waals surface area contributed by atoms with Gasteiger partial charge in [0.25, 0.3) is 0 Å². The van der Waals surface area contributed by atoms with Gasteiger partial charge >= 0.3 is 6.03 Å². The maximum atomic E-state index is 12.3. The van der Waals surface area contributed by atoms with E-state index in [4.69, 9.17) is 4.74 Å². The van der Waals surface area contributed by atoms with E-state index in [2.05, 4.69) is 5.32 Å². The van der Waals surface area contributed by atoms with E-state index in [1.54, 1.807) is 30.8 Å². The molecule has 0 bridgehead atoms. The third kappa shape index (κ3) is 5.33. The zero-order valence-corrected chi connectivity index (χ0v) is 16.9. The number of carbonyl (C=O) groups is 1. The number of rotatable bonds is 7. The Labute approximate surface area is 160 Å². The number of ether oxygens (including phenoxy) is 1. The van der Waals surface area contributed by atoms with Crippen LogP contribution in [0.1, 0.15) is 11.1 Å². The lowest BCUT2D eigenvalue weighted by atomic mass is 10.2. The van der Waals surface area contributed by atoms with E-state index >= 15 is 0 Å². The van der Waals surface area contributed by atoms with Gasteiger partial charge in [-0.2, -0.15) is 0 Å². The number of carbonyl (C=O) groups excluding carboxylic acids is 1. The van der Waals surface area contributed by atoms with Crippen LogP contribution in [0.15, 0.2) is 47.4 Å². The highest BCUT2D eigenvalue weighted by molar-refractivity contribution is 7.98. The zero-order chi connectivity index (χ0) is 19.1. The topological polar surface area (TPSA) is 44.8 Å². The minimum absolute atomic E-state index is 0.102. The molecule has 5 nitrogen and oxygen atoms in total. The van der Waals surface area contributed by atoms with Crippen molar-refractivity contribution < 1.29 is 9.53 Å². The molecule has 0 aromatic heterocycles. The second-order valence-corrected chi connectivity index (χ2v) is 7.11. The van der Waals surface area contributed by atoms with Gasteiger partial charge < -0.3 is 19.9 Å². The molecule has 0 spiro atoms. The fourth-order valence-electron chi connectivity index (χ4n) is 2.55. The molecule has 0 aliphatic carbocycles. The standard InChI is InChI=1S/C20H27N3O2S/c1-22(2)17-9-6-15(7-10-17)13-21-20(24)23(3)14-16-8-11-19(26-5)18(12-16)25-4/h6-12H,13-14H2,1-5H3,(H,21,24). The van der Waals surface area contributed by atoms with Crippen LogP contribution in [0.4, 0.5) is 10.5 Å². The molecule has 0 aliphatic rings. The van der Waals surface area contributed by atoms with Crippen LogP contribution in [0.2, 0.25) is 0 Å². The highest BCUT2D eigenvalue weighted by Crippen LogP contribution is 2.28. The second kappa shape index (κ2) is 9.38. The Hall–Kier alpha value is -2.34. The molecule has 0 atom stereocenters. The van der Waals surface area contributed by atoms with Gasteiger partial charge in [0.05, 0.1) is 7.11 Å². The largest absolute Gasteiger partial charge is 0.496 e. The number of nitrogens with zero attached hydrogens (tertiary/aromatic N) is 2. The van der Waals surface area contributed by atoms with Gasteiger partial charge in [-0.1, -0.05) is 18.2 Å². The van der Waals surface area contributed by atoms with Gasteiger partial charge in [-0.25, -0.2) is 4.79 Å². The third-order valence-electron chi connectivity index (χ3n) is 4.11. The van der Waals surface area contributed by atoms with Gasteiger partial charge in [0.15, 0.2) is 0 Å². The van der Waals surface area contributed by atoms with Crippen LogP contribution < -0.4 is 15.0 Å². The van der Waals surface area contributed by atoms with Crippen molar-refractivity contribution in [3.63, 3.8) is 0 Å². The maximum Gasteiger partial charge on any atom is 0.317 e. The molecule has 140 valence electrons. The molecule has 0 radical (unpaired) electrons. The number of methoxy groups -OCH3 is 1. The Bertz CT molecular complexity index is 732. The summed E-state index contributed by atoms with van der Waals surface area (Å²) >= 11 is 1.64. The minimum atomic E-state index is -0.102. The van der Waals surface area contributed by atoms with E-state index in [1.165, 1.54) is 0 Å². The Kier molecular flexibility index (Phi) is 7.21. The molecule has 0 saturated carbocycles. The lowest BCUT2D eigenvalue weighted by molar-refractivity contribution is 0.206. The van der Waals surface area contributed by atoms with E-state index in [1.807, 2.05) is 67.7 Å². The number of hydrogen-bond acceptors (Lipinski definition) is 4. The Morgan fingerprint density at radius 1 is 1.08 bits per heavy atom. The van der Waals surface area contributed by atoms with Crippen molar-refractivity contribution in [2.75, 3.05) is 39.4 Å². The molecule has 26 heavy (non-hydrogen) atoms. The third-order valence-corrected chi connectivity index (χ3v) is 4.89. The minimum Gasteiger partial charge on any atom is -0.496 e. The molecule has 1 N–H and O–H groups in total. The van der Waals surface area contributed by atoms with E-state index in [0.29, 0.717) is 13.1 Å². The van der Waals surface area contributed by atoms with E-state index < -0.39 is 0 Å². The van der Waals surface area contributed by atoms with Gasteiger partial charge in [0, 0.05) is 44.8 Å². The first kappa shape index (κ1) is 20.0. The fourth-order valence-corrected chi connectivity index (χ4v) is 3.10. The molecule has 2 aromatic rings. The zero-order valence-electron chi connectivity index (χ0n) is 16.1. The lowest BCUT2D eigenvalue weighted by Crippen LogP contribution is -2.36. The number of nitrogens with one attached hydrogen (secondary N) is 1. The number of amides is 2. The summed E-state index contributed by atoms with van der Waals surface area (Å²) in [5, 5.41) is 2.96. The molecule has 0 unspecified atom stereocenters. The Morgan fingerprint density at radius 3 is 2.31 bits per heavy atom. The summed E-state index contributed by atoms with van der Waals surface area (Å²) in [7, 11) is 7.47. The summed E-state index contributed by atoms with van der Waals surface area (Å²) in [4.78, 5) is 17.1. The van der Waals surface area contributed by atoms with Gasteiger partial charge in [-0.15, -0.1) is 11.8 Å². The van der Waals surface area contributed by atoms with Crippen molar-refractivity contribution in [1.29, 1.82) is 0 Å². The summed E-state index contributed by atoms with van der Waals surface area (Å²) in [6.45, 7) is 1.03. The summed E-state index contributed by atoms with van der Waals surface area (Å²) in [6.07, 6.45) is 2.02. The van der Waals surface area contributed by atoms with Gasteiger partial charge in [-0.3, -0.25) is 0 Å². The number of hydrogen-bond donors (Lipinski definition) is 1. The molecule has 0 heterocycles. The first-order chi connectivity index (χ1) is 12.4. The van der Waals surface area contributed by atoms with Crippen LogP contribution in [0.25, 0.3) is 0 Å². The SMILES string of the molecule is COc1cc(CN(C)C(=O)NCc2ccc(N(C)C)cc2)ccc1SC. The summed E-state index contributed by atoms with van der Waals surface area (Å²) in [5.74, 6) is 0.838. The van der Waals surface area contributed by atoms with Gasteiger partial charge in [0.2, 0.25) is 0 Å². The normalized spacial score (nSPS) is 10.3. The predicted octanol–water partition coefficient (Wildman–Crippen LogP) is 3.82. The second-order valence-electron chi connectivity index (χ2n) is 6.26. The average Bonchev–Trinajstić information content (AvgIpc) is 2.66. The van der Waals surface area contributed by atoms with Crippen LogP contribution in [0.5, 0.6) is 5.75 Å². The van der Waals surface area contributed by atoms with Crippen LogP contribution in [0.3, 0.4) is 0 Å². The monoisotopic (exact) mass is 373 g/mol. The summed E-state index contributed by atoms with van der Waals surface area (Å²) in [6, 6.07) is 14.1. The predicted molar refractivity (Wildman–Crippen MR) is 109 cm³/mol. The molecule has 2 amide bonds. The number of benzene rings is 2. The Balaban J connectivity index is 1.91. The van der Waals surface area contributed by atoms with Crippen molar-refractivity contribution in [2.45, 2.75) is 18.0 Å². The van der Waals surface area contributed by atoms with E-state index in [9.17, 15) is 4.79 Å². The van der Waals surface area contributed by atoms with E-state index in [0.717, 1.165) is 27.5 Å².